The van der Waals surface area contributed by atoms with Gasteiger partial charge in [-0.25, -0.2) is 4.98 Å². The number of anilines is 1. The maximum absolute atomic E-state index is 4.87. The Bertz CT molecular complexity index is 382. The Balaban J connectivity index is 2.05. The minimum atomic E-state index is 0.747. The maximum atomic E-state index is 4.87. The zero-order valence-corrected chi connectivity index (χ0v) is 12.8. The zero-order chi connectivity index (χ0) is 13.1. The van der Waals surface area contributed by atoms with Gasteiger partial charge in [0.05, 0.1) is 5.69 Å². The first-order valence-corrected chi connectivity index (χ1v) is 7.78. The molecule has 1 aliphatic carbocycles. The predicted octanol–water partition coefficient (Wildman–Crippen LogP) is 3.22. The molecule has 1 aromatic heterocycles. The molecule has 2 rings (SSSR count). The van der Waals surface area contributed by atoms with E-state index in [9.17, 15) is 0 Å². The van der Waals surface area contributed by atoms with Gasteiger partial charge in [-0.05, 0) is 32.2 Å². The van der Waals surface area contributed by atoms with Crippen molar-refractivity contribution >= 4 is 16.5 Å². The van der Waals surface area contributed by atoms with Crippen LogP contribution in [0.2, 0.25) is 0 Å². The van der Waals surface area contributed by atoms with E-state index in [1.807, 2.05) is 18.4 Å². The lowest BCUT2D eigenvalue weighted by molar-refractivity contribution is 0.585. The smallest absolute Gasteiger partial charge is 0.185 e. The summed E-state index contributed by atoms with van der Waals surface area (Å²) in [6.45, 7) is 6.62. The third kappa shape index (κ3) is 3.45. The fraction of sp³-hybridized carbons (Fsp3) is 0.786. The lowest BCUT2D eigenvalue weighted by Crippen LogP contribution is -2.19. The molecule has 0 saturated heterocycles. The third-order valence-corrected chi connectivity index (χ3v) is 4.57. The highest BCUT2D eigenvalue weighted by atomic mass is 32.1. The Morgan fingerprint density at radius 3 is 2.72 bits per heavy atom. The first kappa shape index (κ1) is 13.8. The van der Waals surface area contributed by atoms with Crippen molar-refractivity contribution in [2.75, 3.05) is 25.5 Å². The van der Waals surface area contributed by atoms with Gasteiger partial charge < -0.3 is 10.2 Å². The van der Waals surface area contributed by atoms with E-state index in [2.05, 4.69) is 31.1 Å². The average Bonchev–Trinajstić information content (AvgIpc) is 3.08. The Morgan fingerprint density at radius 1 is 1.44 bits per heavy atom. The average molecular weight is 267 g/mol. The third-order valence-electron chi connectivity index (χ3n) is 3.39. The SMILES string of the molecule is CNCc1sc(N(C)CCC(C)C)nc1C1CC1. The Hall–Kier alpha value is -0.610. The minimum absolute atomic E-state index is 0.747. The summed E-state index contributed by atoms with van der Waals surface area (Å²) in [6.07, 6.45) is 3.89. The molecule has 0 amide bonds. The van der Waals surface area contributed by atoms with Crippen molar-refractivity contribution in [1.29, 1.82) is 0 Å². The molecule has 1 saturated carbocycles. The molecule has 0 bridgehead atoms. The molecule has 18 heavy (non-hydrogen) atoms. The summed E-state index contributed by atoms with van der Waals surface area (Å²) in [4.78, 5) is 8.62. The summed E-state index contributed by atoms with van der Waals surface area (Å²) in [7, 11) is 4.18. The highest BCUT2D eigenvalue weighted by molar-refractivity contribution is 7.15. The van der Waals surface area contributed by atoms with Crippen molar-refractivity contribution in [2.24, 2.45) is 5.92 Å². The molecule has 0 radical (unpaired) electrons. The van der Waals surface area contributed by atoms with Crippen LogP contribution in [0, 0.1) is 5.92 Å². The number of rotatable bonds is 7. The Morgan fingerprint density at radius 2 is 2.17 bits per heavy atom. The minimum Gasteiger partial charge on any atom is -0.351 e. The van der Waals surface area contributed by atoms with Gasteiger partial charge in [0.25, 0.3) is 0 Å². The molecule has 1 aliphatic rings. The van der Waals surface area contributed by atoms with Crippen LogP contribution in [-0.2, 0) is 6.54 Å². The van der Waals surface area contributed by atoms with Gasteiger partial charge in [0.1, 0.15) is 0 Å². The quantitative estimate of drug-likeness (QED) is 0.822. The predicted molar refractivity (Wildman–Crippen MR) is 79.6 cm³/mol. The molecule has 4 heteroatoms. The van der Waals surface area contributed by atoms with E-state index in [1.165, 1.54) is 35.0 Å². The van der Waals surface area contributed by atoms with E-state index < -0.39 is 0 Å². The number of nitrogens with one attached hydrogen (secondary N) is 1. The molecular formula is C14H25N3S. The lowest BCUT2D eigenvalue weighted by Gasteiger charge is -2.16. The summed E-state index contributed by atoms with van der Waals surface area (Å²) in [5.41, 5.74) is 1.36. The topological polar surface area (TPSA) is 28.2 Å². The number of hydrogen-bond donors (Lipinski definition) is 1. The first-order chi connectivity index (χ1) is 8.61. The summed E-state index contributed by atoms with van der Waals surface area (Å²) >= 11 is 1.86. The van der Waals surface area contributed by atoms with Crippen LogP contribution in [-0.4, -0.2) is 25.6 Å². The molecule has 1 aromatic rings. The van der Waals surface area contributed by atoms with Crippen LogP contribution in [0.4, 0.5) is 5.13 Å². The normalized spacial score (nSPS) is 15.4. The van der Waals surface area contributed by atoms with E-state index >= 15 is 0 Å². The number of hydrogen-bond acceptors (Lipinski definition) is 4. The molecule has 1 N–H and O–H groups in total. The monoisotopic (exact) mass is 267 g/mol. The van der Waals surface area contributed by atoms with Gasteiger partial charge in [0.2, 0.25) is 0 Å². The van der Waals surface area contributed by atoms with E-state index in [-0.39, 0.29) is 0 Å². The van der Waals surface area contributed by atoms with Gasteiger partial charge >= 0.3 is 0 Å². The Labute approximate surface area is 115 Å². The van der Waals surface area contributed by atoms with Crippen molar-refractivity contribution in [3.63, 3.8) is 0 Å². The van der Waals surface area contributed by atoms with E-state index in [0.29, 0.717) is 0 Å². The van der Waals surface area contributed by atoms with Crippen LogP contribution >= 0.6 is 11.3 Å². The molecule has 0 unspecified atom stereocenters. The molecule has 1 fully saturated rings. The van der Waals surface area contributed by atoms with E-state index in [4.69, 9.17) is 4.98 Å². The molecule has 102 valence electrons. The summed E-state index contributed by atoms with van der Waals surface area (Å²) in [6, 6.07) is 0. The van der Waals surface area contributed by atoms with Gasteiger partial charge in [0.15, 0.2) is 5.13 Å². The summed E-state index contributed by atoms with van der Waals surface area (Å²) in [5, 5.41) is 4.46. The molecule has 0 atom stereocenters. The highest BCUT2D eigenvalue weighted by Gasteiger charge is 2.29. The Kier molecular flexibility index (Phi) is 4.62. The van der Waals surface area contributed by atoms with Gasteiger partial charge in [-0.2, -0.15) is 0 Å². The van der Waals surface area contributed by atoms with Crippen LogP contribution in [0.3, 0.4) is 0 Å². The first-order valence-electron chi connectivity index (χ1n) is 6.97. The second-order valence-corrected chi connectivity index (χ2v) is 6.78. The van der Waals surface area contributed by atoms with Crippen molar-refractivity contribution in [2.45, 2.75) is 45.6 Å². The second kappa shape index (κ2) is 6.02. The molecule has 3 nitrogen and oxygen atoms in total. The molecule has 0 spiro atoms. The van der Waals surface area contributed by atoms with Crippen molar-refractivity contribution in [1.82, 2.24) is 10.3 Å². The highest BCUT2D eigenvalue weighted by Crippen LogP contribution is 2.44. The summed E-state index contributed by atoms with van der Waals surface area (Å²) in [5.74, 6) is 1.50. The lowest BCUT2D eigenvalue weighted by atomic mass is 10.1. The molecular weight excluding hydrogens is 242 g/mol. The van der Waals surface area contributed by atoms with Crippen LogP contribution in [0.25, 0.3) is 0 Å². The number of aromatic nitrogens is 1. The molecule has 0 aromatic carbocycles. The van der Waals surface area contributed by atoms with Crippen LogP contribution in [0.1, 0.15) is 49.6 Å². The zero-order valence-electron chi connectivity index (χ0n) is 12.0. The van der Waals surface area contributed by atoms with Gasteiger partial charge in [0, 0.05) is 30.9 Å². The van der Waals surface area contributed by atoms with Gasteiger partial charge in [-0.3, -0.25) is 0 Å². The number of nitrogens with zero attached hydrogens (tertiary/aromatic N) is 2. The van der Waals surface area contributed by atoms with Gasteiger partial charge in [-0.1, -0.05) is 13.8 Å². The fourth-order valence-corrected chi connectivity index (χ4v) is 3.17. The van der Waals surface area contributed by atoms with Crippen LogP contribution < -0.4 is 10.2 Å². The van der Waals surface area contributed by atoms with Crippen molar-refractivity contribution in [3.8, 4) is 0 Å². The van der Waals surface area contributed by atoms with Gasteiger partial charge in [-0.15, -0.1) is 11.3 Å². The number of thiazole rings is 1. The molecule has 0 aliphatic heterocycles. The standard InChI is InChI=1S/C14H25N3S/c1-10(2)7-8-17(4)14-16-13(11-5-6-11)12(18-14)9-15-3/h10-11,15H,5-9H2,1-4H3. The van der Waals surface area contributed by atoms with Crippen molar-refractivity contribution in [3.05, 3.63) is 10.6 Å². The largest absolute Gasteiger partial charge is 0.351 e. The van der Waals surface area contributed by atoms with Crippen molar-refractivity contribution < 1.29 is 0 Å². The van der Waals surface area contributed by atoms with E-state index in [1.54, 1.807) is 0 Å². The van der Waals surface area contributed by atoms with Crippen LogP contribution in [0.15, 0.2) is 0 Å². The summed E-state index contributed by atoms with van der Waals surface area (Å²) < 4.78 is 0. The van der Waals surface area contributed by atoms with E-state index in [0.717, 1.165) is 24.9 Å². The maximum Gasteiger partial charge on any atom is 0.185 e. The van der Waals surface area contributed by atoms with Crippen LogP contribution in [0.5, 0.6) is 0 Å². The fourth-order valence-electron chi connectivity index (χ4n) is 2.02. The second-order valence-electron chi connectivity index (χ2n) is 5.71. The molecule has 1 heterocycles.